The van der Waals surface area contributed by atoms with Crippen molar-refractivity contribution in [2.45, 2.75) is 20.4 Å². The highest BCUT2D eigenvalue weighted by Crippen LogP contribution is 2.32. The van der Waals surface area contributed by atoms with Crippen LogP contribution in [-0.2, 0) is 11.3 Å². The fourth-order valence-corrected chi connectivity index (χ4v) is 3.41. The van der Waals surface area contributed by atoms with Crippen LogP contribution >= 0.6 is 11.3 Å². The van der Waals surface area contributed by atoms with Crippen molar-refractivity contribution < 1.29 is 9.15 Å². The number of nitrogens with zero attached hydrogens (tertiary/aromatic N) is 3. The van der Waals surface area contributed by atoms with Crippen LogP contribution < -0.4 is 4.90 Å². The van der Waals surface area contributed by atoms with E-state index >= 15 is 0 Å². The van der Waals surface area contributed by atoms with Crippen LogP contribution in [0, 0.1) is 13.8 Å². The zero-order valence-corrected chi connectivity index (χ0v) is 13.8. The fourth-order valence-electron chi connectivity index (χ4n) is 2.45. The maximum atomic E-state index is 5.50. The summed E-state index contributed by atoms with van der Waals surface area (Å²) in [5.41, 5.74) is 1.21. The van der Waals surface area contributed by atoms with Gasteiger partial charge in [0.25, 0.3) is 0 Å². The molecule has 0 bridgehead atoms. The van der Waals surface area contributed by atoms with Crippen molar-refractivity contribution in [2.75, 3.05) is 25.2 Å². The average Bonchev–Trinajstić information content (AvgIpc) is 3.13. The van der Waals surface area contributed by atoms with Gasteiger partial charge in [0.2, 0.25) is 0 Å². The van der Waals surface area contributed by atoms with Gasteiger partial charge in [0.05, 0.1) is 24.8 Å². The fraction of sp³-hybridized carbons (Fsp3) is 0.375. The molecule has 0 saturated carbocycles. The summed E-state index contributed by atoms with van der Waals surface area (Å²) in [6.45, 7) is 6.07. The SMILES string of the molecule is COCCN(Cc1ccco1)c1nc(C)nc2scc(C)c12. The lowest BCUT2D eigenvalue weighted by molar-refractivity contribution is 0.204. The number of ether oxygens (including phenoxy) is 1. The molecule has 3 heterocycles. The lowest BCUT2D eigenvalue weighted by Gasteiger charge is -2.23. The average molecular weight is 317 g/mol. The monoisotopic (exact) mass is 317 g/mol. The minimum Gasteiger partial charge on any atom is -0.467 e. The van der Waals surface area contributed by atoms with Gasteiger partial charge in [-0.05, 0) is 36.9 Å². The van der Waals surface area contributed by atoms with Gasteiger partial charge in [-0.15, -0.1) is 11.3 Å². The Kier molecular flexibility index (Phi) is 4.40. The lowest BCUT2D eigenvalue weighted by atomic mass is 10.2. The Morgan fingerprint density at radius 1 is 1.32 bits per heavy atom. The Morgan fingerprint density at radius 2 is 2.18 bits per heavy atom. The van der Waals surface area contributed by atoms with Gasteiger partial charge in [0, 0.05) is 13.7 Å². The highest BCUT2D eigenvalue weighted by molar-refractivity contribution is 7.17. The van der Waals surface area contributed by atoms with Crippen LogP contribution in [0.2, 0.25) is 0 Å². The number of aromatic nitrogens is 2. The second-order valence-electron chi connectivity index (χ2n) is 5.19. The first-order chi connectivity index (χ1) is 10.7. The molecule has 0 unspecified atom stereocenters. The molecule has 0 radical (unpaired) electrons. The quantitative estimate of drug-likeness (QED) is 0.696. The molecule has 0 spiro atoms. The molecular formula is C16H19N3O2S. The Hall–Kier alpha value is -1.92. The van der Waals surface area contributed by atoms with Crippen molar-refractivity contribution in [3.63, 3.8) is 0 Å². The third-order valence-electron chi connectivity index (χ3n) is 3.50. The summed E-state index contributed by atoms with van der Waals surface area (Å²) < 4.78 is 10.8. The third kappa shape index (κ3) is 2.98. The Bertz CT molecular complexity index is 752. The molecule has 0 atom stereocenters. The first-order valence-electron chi connectivity index (χ1n) is 7.17. The summed E-state index contributed by atoms with van der Waals surface area (Å²) in [6, 6.07) is 3.88. The van der Waals surface area contributed by atoms with Gasteiger partial charge in [-0.3, -0.25) is 0 Å². The van der Waals surface area contributed by atoms with Crippen LogP contribution in [0.4, 0.5) is 5.82 Å². The lowest BCUT2D eigenvalue weighted by Crippen LogP contribution is -2.28. The van der Waals surface area contributed by atoms with Crippen LogP contribution in [0.15, 0.2) is 28.2 Å². The minimum absolute atomic E-state index is 0.633. The van der Waals surface area contributed by atoms with E-state index in [4.69, 9.17) is 14.1 Å². The molecule has 0 aliphatic heterocycles. The summed E-state index contributed by atoms with van der Waals surface area (Å²) in [5.74, 6) is 2.65. The van der Waals surface area contributed by atoms with Crippen LogP contribution in [0.5, 0.6) is 0 Å². The number of anilines is 1. The zero-order valence-electron chi connectivity index (χ0n) is 13.0. The molecule has 0 saturated heterocycles. The molecular weight excluding hydrogens is 298 g/mol. The highest BCUT2D eigenvalue weighted by atomic mass is 32.1. The summed E-state index contributed by atoms with van der Waals surface area (Å²) in [6.07, 6.45) is 1.69. The standard InChI is InChI=1S/C16H19N3O2S/c1-11-10-22-16-14(11)15(17-12(2)18-16)19(6-8-20-3)9-13-5-4-7-21-13/h4-5,7,10H,6,8-9H2,1-3H3. The number of hydrogen-bond acceptors (Lipinski definition) is 6. The van der Waals surface area contributed by atoms with Crippen molar-refractivity contribution in [2.24, 2.45) is 0 Å². The van der Waals surface area contributed by atoms with Gasteiger partial charge in [-0.2, -0.15) is 0 Å². The van der Waals surface area contributed by atoms with Gasteiger partial charge in [-0.1, -0.05) is 0 Å². The van der Waals surface area contributed by atoms with Gasteiger partial charge < -0.3 is 14.1 Å². The molecule has 0 N–H and O–H groups in total. The topological polar surface area (TPSA) is 51.4 Å². The van der Waals surface area contributed by atoms with Gasteiger partial charge in [0.15, 0.2) is 0 Å². The molecule has 116 valence electrons. The second-order valence-corrected chi connectivity index (χ2v) is 6.05. The highest BCUT2D eigenvalue weighted by Gasteiger charge is 2.17. The van der Waals surface area contributed by atoms with Crippen LogP contribution in [-0.4, -0.2) is 30.2 Å². The molecule has 0 amide bonds. The van der Waals surface area contributed by atoms with E-state index in [0.717, 1.165) is 34.2 Å². The number of furan rings is 1. The molecule has 22 heavy (non-hydrogen) atoms. The van der Waals surface area contributed by atoms with Crippen molar-refractivity contribution >= 4 is 27.4 Å². The first-order valence-corrected chi connectivity index (χ1v) is 8.05. The maximum absolute atomic E-state index is 5.50. The molecule has 0 aliphatic carbocycles. The van der Waals surface area contributed by atoms with Gasteiger partial charge >= 0.3 is 0 Å². The summed E-state index contributed by atoms with van der Waals surface area (Å²) in [7, 11) is 1.71. The maximum Gasteiger partial charge on any atom is 0.141 e. The Balaban J connectivity index is 2.04. The second kappa shape index (κ2) is 6.46. The third-order valence-corrected chi connectivity index (χ3v) is 4.49. The van der Waals surface area contributed by atoms with E-state index in [1.54, 1.807) is 24.7 Å². The summed E-state index contributed by atoms with van der Waals surface area (Å²) in [4.78, 5) is 12.5. The summed E-state index contributed by atoms with van der Waals surface area (Å²) >= 11 is 1.66. The molecule has 6 heteroatoms. The Morgan fingerprint density at radius 3 is 2.91 bits per heavy atom. The van der Waals surface area contributed by atoms with E-state index in [1.807, 2.05) is 19.1 Å². The van der Waals surface area contributed by atoms with E-state index in [-0.39, 0.29) is 0 Å². The molecule has 0 aromatic carbocycles. The predicted molar refractivity (Wildman–Crippen MR) is 88.5 cm³/mol. The Labute approximate surface area is 133 Å². The number of fused-ring (bicyclic) bond motifs is 1. The molecule has 3 aromatic rings. The van der Waals surface area contributed by atoms with Crippen molar-refractivity contribution in [3.8, 4) is 0 Å². The minimum atomic E-state index is 0.633. The van der Waals surface area contributed by atoms with Crippen molar-refractivity contribution in [1.82, 2.24) is 9.97 Å². The predicted octanol–water partition coefficient (Wildman–Crippen LogP) is 3.55. The zero-order chi connectivity index (χ0) is 15.5. The largest absolute Gasteiger partial charge is 0.467 e. The van der Waals surface area contributed by atoms with Crippen molar-refractivity contribution in [1.29, 1.82) is 0 Å². The smallest absolute Gasteiger partial charge is 0.141 e. The number of aryl methyl sites for hydroxylation is 2. The van der Waals surface area contributed by atoms with Gasteiger partial charge in [0.1, 0.15) is 22.2 Å². The molecule has 3 rings (SSSR count). The van der Waals surface area contributed by atoms with E-state index in [2.05, 4.69) is 22.2 Å². The summed E-state index contributed by atoms with van der Waals surface area (Å²) in [5, 5.41) is 3.25. The normalized spacial score (nSPS) is 11.2. The van der Waals surface area contributed by atoms with Crippen LogP contribution in [0.1, 0.15) is 17.1 Å². The van der Waals surface area contributed by atoms with E-state index in [1.165, 1.54) is 5.56 Å². The molecule has 3 aromatic heterocycles. The van der Waals surface area contributed by atoms with Crippen molar-refractivity contribution in [3.05, 3.63) is 40.9 Å². The number of rotatable bonds is 6. The first kappa shape index (κ1) is 15.0. The molecule has 0 aliphatic rings. The van der Waals surface area contributed by atoms with Crippen LogP contribution in [0.25, 0.3) is 10.2 Å². The van der Waals surface area contributed by atoms with Crippen LogP contribution in [0.3, 0.4) is 0 Å². The number of methoxy groups -OCH3 is 1. The van der Waals surface area contributed by atoms with Gasteiger partial charge in [-0.25, -0.2) is 9.97 Å². The van der Waals surface area contributed by atoms with E-state index in [9.17, 15) is 0 Å². The molecule has 0 fully saturated rings. The van der Waals surface area contributed by atoms with E-state index < -0.39 is 0 Å². The molecule has 5 nitrogen and oxygen atoms in total. The number of thiophene rings is 1. The van der Waals surface area contributed by atoms with E-state index in [0.29, 0.717) is 13.2 Å². The number of hydrogen-bond donors (Lipinski definition) is 0.